The van der Waals surface area contributed by atoms with E-state index in [9.17, 15) is 14.0 Å². The van der Waals surface area contributed by atoms with Crippen molar-refractivity contribution >= 4 is 41.8 Å². The Bertz CT molecular complexity index is 959. The third-order valence-electron chi connectivity index (χ3n) is 6.34. The largest absolute Gasteiger partial charge is 0.357 e. The number of rotatable bonds is 7. The van der Waals surface area contributed by atoms with E-state index in [0.29, 0.717) is 43.1 Å². The summed E-state index contributed by atoms with van der Waals surface area (Å²) in [5, 5.41) is 15.2. The zero-order valence-electron chi connectivity index (χ0n) is 17.9. The number of allylic oxidation sites excluding steroid dienone is 2. The molecule has 32 heavy (non-hydrogen) atoms. The molecule has 1 aliphatic heterocycles. The first-order chi connectivity index (χ1) is 15.0. The maximum Gasteiger partial charge on any atom is 0.233 e. The van der Waals surface area contributed by atoms with Gasteiger partial charge in [-0.25, -0.2) is 9.38 Å². The van der Waals surface area contributed by atoms with Gasteiger partial charge in [0.1, 0.15) is 5.82 Å². The molecule has 170 valence electrons. The summed E-state index contributed by atoms with van der Waals surface area (Å²) in [4.78, 5) is 31.2. The average Bonchev–Trinajstić information content (AvgIpc) is 3.45. The van der Waals surface area contributed by atoms with E-state index in [2.05, 4.69) is 27.8 Å². The van der Waals surface area contributed by atoms with E-state index in [1.807, 2.05) is 13.0 Å². The molecular formula is C23H27FIN5O2. The number of hydrogen-bond acceptors (Lipinski definition) is 4. The van der Waals surface area contributed by atoms with Gasteiger partial charge in [0.05, 0.1) is 30.0 Å². The summed E-state index contributed by atoms with van der Waals surface area (Å²) in [6.45, 7) is 3.56. The molecule has 1 aromatic carbocycles. The minimum atomic E-state index is -0.404. The number of nitriles is 1. The number of hydrogen-bond donors (Lipinski definition) is 2. The molecule has 2 N–H and O–H groups in total. The van der Waals surface area contributed by atoms with Crippen molar-refractivity contribution in [2.75, 3.05) is 19.6 Å². The van der Waals surface area contributed by atoms with Crippen LogP contribution in [0.4, 0.5) is 4.39 Å². The molecule has 1 saturated heterocycles. The number of guanidine groups is 1. The van der Waals surface area contributed by atoms with Gasteiger partial charge in [0.15, 0.2) is 5.96 Å². The zero-order chi connectivity index (χ0) is 22.0. The van der Waals surface area contributed by atoms with Crippen molar-refractivity contribution in [1.82, 2.24) is 15.5 Å². The molecule has 3 aliphatic rings. The number of fused-ring (bicyclic) bond motifs is 5. The molecule has 1 heterocycles. The normalized spacial score (nSPS) is 25.5. The van der Waals surface area contributed by atoms with Crippen molar-refractivity contribution in [3.8, 4) is 6.07 Å². The van der Waals surface area contributed by atoms with Crippen LogP contribution < -0.4 is 10.6 Å². The molecule has 2 aliphatic carbocycles. The number of imide groups is 1. The predicted molar refractivity (Wildman–Crippen MR) is 128 cm³/mol. The number of halogens is 2. The fraction of sp³-hybridized carbons (Fsp3) is 0.478. The molecule has 2 bridgehead atoms. The Morgan fingerprint density at radius 2 is 1.91 bits per heavy atom. The molecule has 0 radical (unpaired) electrons. The second-order valence-corrected chi connectivity index (χ2v) is 8.22. The summed E-state index contributed by atoms with van der Waals surface area (Å²) in [6, 6.07) is 6.19. The van der Waals surface area contributed by atoms with Crippen LogP contribution in [0.5, 0.6) is 0 Å². The molecule has 2 fully saturated rings. The highest BCUT2D eigenvalue weighted by atomic mass is 127. The Hall–Kier alpha value is -2.48. The third-order valence-corrected chi connectivity index (χ3v) is 6.34. The Labute approximate surface area is 204 Å². The molecule has 4 rings (SSSR count). The summed E-state index contributed by atoms with van der Waals surface area (Å²) in [7, 11) is 0. The zero-order valence-corrected chi connectivity index (χ0v) is 20.2. The van der Waals surface area contributed by atoms with Crippen molar-refractivity contribution < 1.29 is 14.0 Å². The van der Waals surface area contributed by atoms with E-state index in [1.165, 1.54) is 23.1 Å². The average molecular weight is 551 g/mol. The molecule has 9 heteroatoms. The van der Waals surface area contributed by atoms with E-state index in [4.69, 9.17) is 5.26 Å². The highest BCUT2D eigenvalue weighted by Gasteiger charge is 2.58. The highest BCUT2D eigenvalue weighted by Crippen LogP contribution is 2.52. The van der Waals surface area contributed by atoms with Crippen LogP contribution in [-0.2, 0) is 16.1 Å². The van der Waals surface area contributed by atoms with Crippen molar-refractivity contribution in [1.29, 1.82) is 5.26 Å². The van der Waals surface area contributed by atoms with E-state index in [-0.39, 0.29) is 66.0 Å². The Morgan fingerprint density at radius 1 is 1.22 bits per heavy atom. The quantitative estimate of drug-likeness (QED) is 0.136. The van der Waals surface area contributed by atoms with Crippen LogP contribution in [0.2, 0.25) is 0 Å². The lowest BCUT2D eigenvalue weighted by Gasteiger charge is -2.18. The Kier molecular flexibility index (Phi) is 7.87. The van der Waals surface area contributed by atoms with Crippen molar-refractivity contribution in [2.45, 2.75) is 26.3 Å². The van der Waals surface area contributed by atoms with Gasteiger partial charge in [0, 0.05) is 25.2 Å². The maximum absolute atomic E-state index is 14.0. The molecule has 0 aromatic heterocycles. The molecule has 1 aromatic rings. The number of aliphatic imine (C=N–C) groups is 1. The molecule has 7 nitrogen and oxygen atoms in total. The van der Waals surface area contributed by atoms with Gasteiger partial charge in [0.25, 0.3) is 0 Å². The summed E-state index contributed by atoms with van der Waals surface area (Å²) in [5.41, 5.74) is 0.734. The van der Waals surface area contributed by atoms with Crippen molar-refractivity contribution in [3.63, 3.8) is 0 Å². The van der Waals surface area contributed by atoms with Crippen LogP contribution in [0.3, 0.4) is 0 Å². The van der Waals surface area contributed by atoms with Gasteiger partial charge in [-0.3, -0.25) is 14.5 Å². The monoisotopic (exact) mass is 551 g/mol. The second kappa shape index (κ2) is 10.4. The first kappa shape index (κ1) is 24.2. The lowest BCUT2D eigenvalue weighted by molar-refractivity contribution is -0.140. The lowest BCUT2D eigenvalue weighted by Crippen LogP contribution is -2.40. The first-order valence-corrected chi connectivity index (χ1v) is 10.8. The molecular weight excluding hydrogens is 524 g/mol. The fourth-order valence-electron chi connectivity index (χ4n) is 4.90. The number of carbonyl (C=O) groups excluding carboxylic acids is 2. The Balaban J connectivity index is 0.00000289. The molecule has 2 amide bonds. The standard InChI is InChI=1S/C23H26FN5O2.HI/c1-2-26-23(28-13-17-10-14(12-25)4-7-18(17)24)27-8-3-9-29-21(30)19-15-5-6-16(11-15)20(19)22(29)31;/h4-7,10,15-16,19-20H,2-3,8-9,11,13H2,1H3,(H2,26,27,28);1H. The van der Waals surface area contributed by atoms with E-state index >= 15 is 0 Å². The molecule has 4 unspecified atom stereocenters. The van der Waals surface area contributed by atoms with Crippen molar-refractivity contribution in [3.05, 3.63) is 47.3 Å². The van der Waals surface area contributed by atoms with Crippen LogP contribution in [0, 0.1) is 40.8 Å². The maximum atomic E-state index is 14.0. The van der Waals surface area contributed by atoms with Crippen molar-refractivity contribution in [2.24, 2.45) is 28.7 Å². The summed E-state index contributed by atoms with van der Waals surface area (Å²) in [5.74, 6) is 0.187. The number of nitrogens with one attached hydrogen (secondary N) is 2. The third kappa shape index (κ3) is 4.65. The Morgan fingerprint density at radius 3 is 2.53 bits per heavy atom. The lowest BCUT2D eigenvalue weighted by atomic mass is 9.85. The van der Waals surface area contributed by atoms with Gasteiger partial charge in [-0.05, 0) is 49.8 Å². The minimum Gasteiger partial charge on any atom is -0.357 e. The number of benzene rings is 1. The van der Waals surface area contributed by atoms with Crippen LogP contribution in [0.1, 0.15) is 30.9 Å². The number of likely N-dealkylation sites (tertiary alicyclic amines) is 1. The molecule has 4 atom stereocenters. The first-order valence-electron chi connectivity index (χ1n) is 10.8. The second-order valence-electron chi connectivity index (χ2n) is 8.22. The van der Waals surface area contributed by atoms with Crippen LogP contribution in [0.25, 0.3) is 0 Å². The summed E-state index contributed by atoms with van der Waals surface area (Å²) >= 11 is 0. The van der Waals surface area contributed by atoms with Gasteiger partial charge in [-0.15, -0.1) is 24.0 Å². The van der Waals surface area contributed by atoms with E-state index in [1.54, 1.807) is 0 Å². The number of nitrogens with zero attached hydrogens (tertiary/aromatic N) is 3. The van der Waals surface area contributed by atoms with Crippen LogP contribution in [0.15, 0.2) is 35.3 Å². The topological polar surface area (TPSA) is 97.6 Å². The van der Waals surface area contributed by atoms with Gasteiger partial charge < -0.3 is 10.6 Å². The SMILES string of the molecule is CCNC(=NCc1cc(C#N)ccc1F)NCCCN1C(=O)C2C3C=CC(C3)C2C1=O.I. The predicted octanol–water partition coefficient (Wildman–Crippen LogP) is 2.57. The fourth-order valence-corrected chi connectivity index (χ4v) is 4.90. The van der Waals surface area contributed by atoms with Gasteiger partial charge in [0.2, 0.25) is 11.8 Å². The minimum absolute atomic E-state index is 0. The van der Waals surface area contributed by atoms with E-state index in [0.717, 1.165) is 6.42 Å². The smallest absolute Gasteiger partial charge is 0.233 e. The highest BCUT2D eigenvalue weighted by molar-refractivity contribution is 14.0. The summed E-state index contributed by atoms with van der Waals surface area (Å²) < 4.78 is 14.0. The molecule has 0 spiro atoms. The van der Waals surface area contributed by atoms with Gasteiger partial charge >= 0.3 is 0 Å². The number of amides is 2. The van der Waals surface area contributed by atoms with Crippen LogP contribution in [-0.4, -0.2) is 42.3 Å². The summed E-state index contributed by atoms with van der Waals surface area (Å²) in [6.07, 6.45) is 5.72. The van der Waals surface area contributed by atoms with E-state index < -0.39 is 5.82 Å². The number of carbonyl (C=O) groups is 2. The van der Waals surface area contributed by atoms with Gasteiger partial charge in [-0.1, -0.05) is 12.2 Å². The van der Waals surface area contributed by atoms with Gasteiger partial charge in [-0.2, -0.15) is 5.26 Å². The molecule has 1 saturated carbocycles. The van der Waals surface area contributed by atoms with Crippen LogP contribution >= 0.6 is 24.0 Å².